The first kappa shape index (κ1) is 13.1. The molecule has 0 radical (unpaired) electrons. The Bertz CT molecular complexity index is 132. The Morgan fingerprint density at radius 1 is 1.38 bits per heavy atom. The number of halogens is 2. The van der Waals surface area contributed by atoms with Gasteiger partial charge in [0.1, 0.15) is 5.67 Å². The fourth-order valence-corrected chi connectivity index (χ4v) is 1.56. The van der Waals surface area contributed by atoms with E-state index in [1.54, 1.807) is 6.92 Å². The molecule has 80 valence electrons. The highest BCUT2D eigenvalue weighted by molar-refractivity contribution is 5.85. The first-order valence-electron chi connectivity index (χ1n) is 4.75. The zero-order valence-electron chi connectivity index (χ0n) is 8.26. The van der Waals surface area contributed by atoms with Crippen molar-refractivity contribution in [3.8, 4) is 0 Å². The molecule has 0 aromatic heterocycles. The van der Waals surface area contributed by atoms with Gasteiger partial charge in [-0.05, 0) is 39.3 Å². The number of nitrogens with two attached hydrogens (primary N) is 1. The third-order valence-corrected chi connectivity index (χ3v) is 2.58. The molecule has 1 aliphatic heterocycles. The van der Waals surface area contributed by atoms with Gasteiger partial charge < -0.3 is 10.6 Å². The van der Waals surface area contributed by atoms with Crippen LogP contribution in [0.2, 0.25) is 0 Å². The molecule has 4 heteroatoms. The lowest BCUT2D eigenvalue weighted by atomic mass is 9.96. The predicted octanol–water partition coefficient (Wildman–Crippen LogP) is 1.58. The van der Waals surface area contributed by atoms with Crippen LogP contribution in [0.25, 0.3) is 0 Å². The Balaban J connectivity index is 0.00000144. The van der Waals surface area contributed by atoms with Crippen molar-refractivity contribution in [3.63, 3.8) is 0 Å². The van der Waals surface area contributed by atoms with Crippen LogP contribution in [0, 0.1) is 0 Å². The molecule has 2 N–H and O–H groups in total. The van der Waals surface area contributed by atoms with Crippen molar-refractivity contribution in [1.29, 1.82) is 0 Å². The van der Waals surface area contributed by atoms with Gasteiger partial charge in [-0.2, -0.15) is 0 Å². The number of alkyl halides is 1. The molecular weight excluding hydrogens is 191 g/mol. The number of nitrogens with zero attached hydrogens (tertiary/aromatic N) is 1. The lowest BCUT2D eigenvalue weighted by Gasteiger charge is -2.33. The Hall–Kier alpha value is 0.140. The largest absolute Gasteiger partial charge is 0.330 e. The summed E-state index contributed by atoms with van der Waals surface area (Å²) >= 11 is 0. The van der Waals surface area contributed by atoms with Crippen molar-refractivity contribution in [1.82, 2.24) is 4.90 Å². The van der Waals surface area contributed by atoms with Crippen LogP contribution in [0.1, 0.15) is 26.2 Å². The van der Waals surface area contributed by atoms with Gasteiger partial charge in [-0.1, -0.05) is 0 Å². The van der Waals surface area contributed by atoms with Crippen molar-refractivity contribution in [2.75, 3.05) is 26.2 Å². The van der Waals surface area contributed by atoms with Crippen LogP contribution in [-0.4, -0.2) is 36.7 Å². The Morgan fingerprint density at radius 3 is 2.38 bits per heavy atom. The van der Waals surface area contributed by atoms with E-state index in [1.165, 1.54) is 0 Å². The minimum Gasteiger partial charge on any atom is -0.330 e. The molecule has 1 aliphatic rings. The van der Waals surface area contributed by atoms with Crippen molar-refractivity contribution < 1.29 is 4.39 Å². The summed E-state index contributed by atoms with van der Waals surface area (Å²) in [5.41, 5.74) is 4.48. The van der Waals surface area contributed by atoms with E-state index in [1.807, 2.05) is 0 Å². The maximum absolute atomic E-state index is 13.3. The molecule has 13 heavy (non-hydrogen) atoms. The highest BCUT2D eigenvalue weighted by Gasteiger charge is 2.28. The van der Waals surface area contributed by atoms with Gasteiger partial charge in [0.25, 0.3) is 0 Å². The van der Waals surface area contributed by atoms with Gasteiger partial charge in [0.05, 0.1) is 0 Å². The molecule has 0 amide bonds. The maximum atomic E-state index is 13.3. The first-order valence-corrected chi connectivity index (χ1v) is 4.75. The van der Waals surface area contributed by atoms with Gasteiger partial charge in [0.2, 0.25) is 0 Å². The van der Waals surface area contributed by atoms with E-state index in [2.05, 4.69) is 4.90 Å². The van der Waals surface area contributed by atoms with Crippen LogP contribution >= 0.6 is 12.4 Å². The Kier molecular flexibility index (Phi) is 5.85. The monoisotopic (exact) mass is 210 g/mol. The predicted molar refractivity (Wildman–Crippen MR) is 56.1 cm³/mol. The summed E-state index contributed by atoms with van der Waals surface area (Å²) in [5, 5.41) is 0. The van der Waals surface area contributed by atoms with Crippen molar-refractivity contribution in [3.05, 3.63) is 0 Å². The zero-order valence-corrected chi connectivity index (χ0v) is 9.08. The van der Waals surface area contributed by atoms with Crippen molar-refractivity contribution in [2.45, 2.75) is 31.9 Å². The molecule has 2 nitrogen and oxygen atoms in total. The second-order valence-electron chi connectivity index (χ2n) is 3.90. The molecule has 0 bridgehead atoms. The van der Waals surface area contributed by atoms with Crippen LogP contribution in [-0.2, 0) is 0 Å². The minimum atomic E-state index is -0.917. The van der Waals surface area contributed by atoms with Crippen LogP contribution in [0.15, 0.2) is 0 Å². The molecular formula is C9H20ClFN2. The molecule has 1 heterocycles. The molecule has 1 rings (SSSR count). The van der Waals surface area contributed by atoms with Crippen LogP contribution in [0.3, 0.4) is 0 Å². The SMILES string of the molecule is CC1(F)CCN(CCCN)CC1.Cl. The average Bonchev–Trinajstić information content (AvgIpc) is 2.03. The minimum absolute atomic E-state index is 0. The second-order valence-corrected chi connectivity index (χ2v) is 3.90. The fourth-order valence-electron chi connectivity index (χ4n) is 1.56. The van der Waals surface area contributed by atoms with E-state index in [-0.39, 0.29) is 12.4 Å². The summed E-state index contributed by atoms with van der Waals surface area (Å²) in [6.45, 7) is 5.27. The van der Waals surface area contributed by atoms with Crippen LogP contribution in [0.4, 0.5) is 4.39 Å². The van der Waals surface area contributed by atoms with E-state index in [0.717, 1.165) is 32.6 Å². The van der Waals surface area contributed by atoms with Gasteiger partial charge in [-0.25, -0.2) is 4.39 Å². The molecule has 1 fully saturated rings. The number of rotatable bonds is 3. The highest BCUT2D eigenvalue weighted by Crippen LogP contribution is 2.25. The maximum Gasteiger partial charge on any atom is 0.110 e. The molecule has 0 saturated carbocycles. The van der Waals surface area contributed by atoms with Crippen LogP contribution < -0.4 is 5.73 Å². The molecule has 0 aromatic rings. The number of hydrogen-bond donors (Lipinski definition) is 1. The molecule has 0 aromatic carbocycles. The van der Waals surface area contributed by atoms with Gasteiger partial charge in [0, 0.05) is 13.1 Å². The normalized spacial score (nSPS) is 22.4. The quantitative estimate of drug-likeness (QED) is 0.767. The third kappa shape index (κ3) is 4.79. The topological polar surface area (TPSA) is 29.3 Å². The van der Waals surface area contributed by atoms with E-state index < -0.39 is 5.67 Å². The molecule has 1 saturated heterocycles. The first-order chi connectivity index (χ1) is 5.64. The average molecular weight is 211 g/mol. The molecule has 0 aliphatic carbocycles. The summed E-state index contributed by atoms with van der Waals surface area (Å²) in [4.78, 5) is 2.30. The molecule has 0 unspecified atom stereocenters. The Morgan fingerprint density at radius 2 is 1.92 bits per heavy atom. The van der Waals surface area contributed by atoms with E-state index >= 15 is 0 Å². The third-order valence-electron chi connectivity index (χ3n) is 2.58. The summed E-state index contributed by atoms with van der Waals surface area (Å²) in [7, 11) is 0. The summed E-state index contributed by atoms with van der Waals surface area (Å²) in [6, 6.07) is 0. The van der Waals surface area contributed by atoms with Gasteiger partial charge >= 0.3 is 0 Å². The summed E-state index contributed by atoms with van der Waals surface area (Å²) in [6.07, 6.45) is 2.39. The van der Waals surface area contributed by atoms with Crippen LogP contribution in [0.5, 0.6) is 0 Å². The summed E-state index contributed by atoms with van der Waals surface area (Å²) < 4.78 is 13.3. The number of piperidine rings is 1. The van der Waals surface area contributed by atoms with Crippen molar-refractivity contribution >= 4 is 12.4 Å². The van der Waals surface area contributed by atoms with E-state index in [9.17, 15) is 4.39 Å². The highest BCUT2D eigenvalue weighted by atomic mass is 35.5. The standard InChI is InChI=1S/C9H19FN2.ClH/c1-9(10)3-7-12(8-4-9)6-2-5-11;/h2-8,11H2,1H3;1H. The summed E-state index contributed by atoms with van der Waals surface area (Å²) in [5.74, 6) is 0. The molecule has 0 atom stereocenters. The second kappa shape index (κ2) is 5.78. The lowest BCUT2D eigenvalue weighted by Crippen LogP contribution is -2.40. The van der Waals surface area contributed by atoms with E-state index in [4.69, 9.17) is 5.73 Å². The van der Waals surface area contributed by atoms with Gasteiger partial charge in [-0.3, -0.25) is 0 Å². The van der Waals surface area contributed by atoms with E-state index in [0.29, 0.717) is 12.8 Å². The van der Waals surface area contributed by atoms with Gasteiger partial charge in [-0.15, -0.1) is 12.4 Å². The number of hydrogen-bond acceptors (Lipinski definition) is 2. The zero-order chi connectivity index (χ0) is 9.03. The smallest absolute Gasteiger partial charge is 0.110 e. The Labute approximate surface area is 86.1 Å². The number of likely N-dealkylation sites (tertiary alicyclic amines) is 1. The molecule has 0 spiro atoms. The van der Waals surface area contributed by atoms with Gasteiger partial charge in [0.15, 0.2) is 0 Å². The fraction of sp³-hybridized carbons (Fsp3) is 1.00. The van der Waals surface area contributed by atoms with Crippen molar-refractivity contribution in [2.24, 2.45) is 5.73 Å². The lowest BCUT2D eigenvalue weighted by molar-refractivity contribution is 0.0740.